The van der Waals surface area contributed by atoms with Crippen LogP contribution in [0.25, 0.3) is 0 Å². The summed E-state index contributed by atoms with van der Waals surface area (Å²) in [6.07, 6.45) is 2.43. The molecule has 1 rings (SSSR count). The quantitative estimate of drug-likeness (QED) is 0.688. The van der Waals surface area contributed by atoms with Crippen molar-refractivity contribution < 1.29 is 8.42 Å². The van der Waals surface area contributed by atoms with Gasteiger partial charge in [0, 0.05) is 11.5 Å². The lowest BCUT2D eigenvalue weighted by atomic mass is 10.9. The van der Waals surface area contributed by atoms with Crippen LogP contribution in [0.4, 0.5) is 5.00 Å². The number of hydrogen-bond donors (Lipinski definition) is 1. The minimum Gasteiger partial charge on any atom is -0.272 e. The molecule has 0 aliphatic heterocycles. The molecule has 5 nitrogen and oxygen atoms in total. The van der Waals surface area contributed by atoms with E-state index in [9.17, 15) is 8.42 Å². The van der Waals surface area contributed by atoms with Crippen LogP contribution in [0.3, 0.4) is 0 Å². The summed E-state index contributed by atoms with van der Waals surface area (Å²) in [4.78, 5) is 0. The molecule has 1 N–H and O–H groups in total. The second-order valence-electron chi connectivity index (χ2n) is 1.66. The highest BCUT2D eigenvalue weighted by atomic mass is 32.2. The molecule has 0 atom stereocenters. The van der Waals surface area contributed by atoms with Crippen molar-refractivity contribution in [2.45, 2.75) is 0 Å². The van der Waals surface area contributed by atoms with Crippen LogP contribution in [0.5, 0.6) is 0 Å². The fraction of sp³-hybridized carbons (Fsp3) is 0.333. The van der Waals surface area contributed by atoms with E-state index in [4.69, 9.17) is 0 Å². The fourth-order valence-electron chi connectivity index (χ4n) is 0.395. The Balaban J connectivity index is 2.75. The van der Waals surface area contributed by atoms with E-state index in [1.807, 2.05) is 0 Å². The molecule has 0 saturated heterocycles. The molecule has 0 aliphatic rings. The van der Waals surface area contributed by atoms with Gasteiger partial charge in [-0.1, -0.05) is 4.49 Å². The first-order valence-corrected chi connectivity index (χ1v) is 4.99. The van der Waals surface area contributed by atoms with E-state index in [0.29, 0.717) is 5.00 Å². The zero-order valence-electron chi connectivity index (χ0n) is 5.10. The third-order valence-corrected chi connectivity index (χ3v) is 1.95. The van der Waals surface area contributed by atoms with Crippen molar-refractivity contribution in [2.24, 2.45) is 0 Å². The Hall–Kier alpha value is -0.690. The minimum atomic E-state index is -3.17. The largest absolute Gasteiger partial charge is 0.272 e. The Bertz CT molecular complexity index is 290. The van der Waals surface area contributed by atoms with Gasteiger partial charge in [-0.2, -0.15) is 0 Å². The molecule has 0 amide bonds. The first kappa shape index (κ1) is 7.42. The van der Waals surface area contributed by atoms with E-state index in [2.05, 4.69) is 14.3 Å². The third kappa shape index (κ3) is 2.28. The Labute approximate surface area is 62.3 Å². The van der Waals surface area contributed by atoms with E-state index in [0.717, 1.165) is 17.8 Å². The second-order valence-corrected chi connectivity index (χ2v) is 4.19. The number of nitrogens with zero attached hydrogens (tertiary/aromatic N) is 2. The van der Waals surface area contributed by atoms with Gasteiger partial charge in [0.1, 0.15) is 5.00 Å². The highest BCUT2D eigenvalue weighted by molar-refractivity contribution is 7.92. The van der Waals surface area contributed by atoms with Crippen LogP contribution in [0.1, 0.15) is 0 Å². The average molecular weight is 179 g/mol. The molecule has 0 saturated carbocycles. The summed E-state index contributed by atoms with van der Waals surface area (Å²) in [5.41, 5.74) is 0. The number of sulfonamides is 1. The molecule has 0 fully saturated rings. The number of aromatic nitrogens is 2. The van der Waals surface area contributed by atoms with Gasteiger partial charge < -0.3 is 0 Å². The standard InChI is InChI=1S/C3H5N3O2S2/c1-10(7,8)5-3-2-4-6-9-3/h2,5H,1H3. The van der Waals surface area contributed by atoms with Crippen molar-refractivity contribution in [1.29, 1.82) is 0 Å². The summed E-state index contributed by atoms with van der Waals surface area (Å²) in [6.45, 7) is 0. The van der Waals surface area contributed by atoms with Gasteiger partial charge in [-0.15, -0.1) is 5.10 Å². The molecule has 56 valence electrons. The zero-order chi connectivity index (χ0) is 7.61. The highest BCUT2D eigenvalue weighted by Crippen LogP contribution is 2.09. The smallest absolute Gasteiger partial charge is 0.230 e. The van der Waals surface area contributed by atoms with E-state index >= 15 is 0 Å². The lowest BCUT2D eigenvalue weighted by Gasteiger charge is -1.94. The summed E-state index contributed by atoms with van der Waals surface area (Å²) in [5, 5.41) is 3.88. The van der Waals surface area contributed by atoms with Gasteiger partial charge in [-0.05, 0) is 0 Å². The van der Waals surface area contributed by atoms with Crippen LogP contribution < -0.4 is 4.72 Å². The fourth-order valence-corrected chi connectivity index (χ4v) is 1.69. The lowest BCUT2D eigenvalue weighted by molar-refractivity contribution is 0.607. The predicted molar refractivity (Wildman–Crippen MR) is 38.4 cm³/mol. The summed E-state index contributed by atoms with van der Waals surface area (Å²) in [5.74, 6) is 0. The van der Waals surface area contributed by atoms with E-state index < -0.39 is 10.0 Å². The van der Waals surface area contributed by atoms with Crippen molar-refractivity contribution in [3.63, 3.8) is 0 Å². The topological polar surface area (TPSA) is 72.0 Å². The van der Waals surface area contributed by atoms with E-state index in [1.165, 1.54) is 6.20 Å². The Morgan fingerprint density at radius 1 is 1.70 bits per heavy atom. The van der Waals surface area contributed by atoms with Gasteiger partial charge >= 0.3 is 0 Å². The Kier molecular flexibility index (Phi) is 1.86. The molecule has 0 unspecified atom stereocenters. The van der Waals surface area contributed by atoms with Crippen LogP contribution in [-0.4, -0.2) is 24.3 Å². The molecule has 7 heteroatoms. The van der Waals surface area contributed by atoms with Crippen LogP contribution in [0.15, 0.2) is 6.20 Å². The lowest BCUT2D eigenvalue weighted by Crippen LogP contribution is -2.07. The molecule has 1 heterocycles. The highest BCUT2D eigenvalue weighted by Gasteiger charge is 2.01. The Morgan fingerprint density at radius 2 is 2.40 bits per heavy atom. The summed E-state index contributed by atoms with van der Waals surface area (Å²) >= 11 is 0.998. The summed E-state index contributed by atoms with van der Waals surface area (Å²) in [6, 6.07) is 0. The minimum absolute atomic E-state index is 0.433. The number of nitrogens with one attached hydrogen (secondary N) is 1. The van der Waals surface area contributed by atoms with Gasteiger partial charge in [-0.25, -0.2) is 8.42 Å². The van der Waals surface area contributed by atoms with Gasteiger partial charge in [0.15, 0.2) is 0 Å². The first-order chi connectivity index (χ1) is 4.58. The number of anilines is 1. The summed E-state index contributed by atoms with van der Waals surface area (Å²) in [7, 11) is -3.17. The molecule has 0 bridgehead atoms. The maximum Gasteiger partial charge on any atom is 0.230 e. The Morgan fingerprint density at radius 3 is 2.80 bits per heavy atom. The van der Waals surface area contributed by atoms with Gasteiger partial charge in [-0.3, -0.25) is 4.72 Å². The third-order valence-electron chi connectivity index (χ3n) is 0.647. The number of rotatable bonds is 2. The predicted octanol–water partition coefficient (Wildman–Crippen LogP) is -0.0904. The number of hydrogen-bond acceptors (Lipinski definition) is 5. The molecule has 0 radical (unpaired) electrons. The van der Waals surface area contributed by atoms with E-state index in [1.54, 1.807) is 0 Å². The van der Waals surface area contributed by atoms with Crippen LogP contribution in [0, 0.1) is 0 Å². The first-order valence-electron chi connectivity index (χ1n) is 2.33. The molecular formula is C3H5N3O2S2. The zero-order valence-corrected chi connectivity index (χ0v) is 6.74. The monoisotopic (exact) mass is 179 g/mol. The van der Waals surface area contributed by atoms with Crippen molar-refractivity contribution in [1.82, 2.24) is 9.59 Å². The van der Waals surface area contributed by atoms with Crippen molar-refractivity contribution in [3.8, 4) is 0 Å². The SMILES string of the molecule is CS(=O)(=O)Nc1cnns1. The van der Waals surface area contributed by atoms with Crippen molar-refractivity contribution >= 4 is 26.6 Å². The van der Waals surface area contributed by atoms with Crippen molar-refractivity contribution in [2.75, 3.05) is 11.0 Å². The van der Waals surface area contributed by atoms with Gasteiger partial charge in [0.2, 0.25) is 10.0 Å². The second kappa shape index (κ2) is 2.51. The van der Waals surface area contributed by atoms with Crippen LogP contribution >= 0.6 is 11.5 Å². The summed E-state index contributed by atoms with van der Waals surface area (Å²) < 4.78 is 26.8. The average Bonchev–Trinajstić information content (AvgIpc) is 2.12. The molecule has 0 spiro atoms. The van der Waals surface area contributed by atoms with Crippen LogP contribution in [-0.2, 0) is 10.0 Å². The molecule has 1 aromatic rings. The van der Waals surface area contributed by atoms with Crippen LogP contribution in [0.2, 0.25) is 0 Å². The maximum atomic E-state index is 10.5. The maximum absolute atomic E-state index is 10.5. The molecule has 10 heavy (non-hydrogen) atoms. The molecule has 1 aromatic heterocycles. The van der Waals surface area contributed by atoms with Gasteiger partial charge in [0.05, 0.1) is 12.5 Å². The van der Waals surface area contributed by atoms with Crippen molar-refractivity contribution in [3.05, 3.63) is 6.20 Å². The normalized spacial score (nSPS) is 11.3. The van der Waals surface area contributed by atoms with Gasteiger partial charge in [0.25, 0.3) is 0 Å². The molecular weight excluding hydrogens is 174 g/mol. The van der Waals surface area contributed by atoms with E-state index in [-0.39, 0.29) is 0 Å². The molecule has 0 aliphatic carbocycles. The molecule has 0 aromatic carbocycles.